The van der Waals surface area contributed by atoms with E-state index in [1.165, 1.54) is 6.08 Å². The summed E-state index contributed by atoms with van der Waals surface area (Å²) in [5.41, 5.74) is 1.32. The van der Waals surface area contributed by atoms with Crippen LogP contribution in [0.4, 0.5) is 0 Å². The molecular weight excluding hydrogens is 232 g/mol. The van der Waals surface area contributed by atoms with E-state index < -0.39 is 0 Å². The number of ether oxygens (including phenoxy) is 1. The first kappa shape index (κ1) is 12.3. The van der Waals surface area contributed by atoms with E-state index in [0.717, 1.165) is 5.69 Å². The van der Waals surface area contributed by atoms with Gasteiger partial charge in [0.1, 0.15) is 0 Å². The van der Waals surface area contributed by atoms with Crippen molar-refractivity contribution in [3.63, 3.8) is 0 Å². The molecule has 1 aliphatic rings. The van der Waals surface area contributed by atoms with E-state index in [1.54, 1.807) is 29.9 Å². The Bertz CT molecular complexity index is 553. The van der Waals surface area contributed by atoms with E-state index in [-0.39, 0.29) is 24.6 Å². The summed E-state index contributed by atoms with van der Waals surface area (Å²) in [5, 5.41) is 4.11. The van der Waals surface area contributed by atoms with E-state index in [4.69, 9.17) is 4.74 Å². The summed E-state index contributed by atoms with van der Waals surface area (Å²) < 4.78 is 6.95. The molecule has 5 heteroatoms. The predicted octanol–water partition coefficient (Wildman–Crippen LogP) is 1.13. The molecule has 0 saturated carbocycles. The number of nitrogens with zero attached hydrogens (tertiary/aromatic N) is 2. The van der Waals surface area contributed by atoms with E-state index in [1.807, 2.05) is 6.92 Å². The number of aryl methyl sites for hydroxylation is 2. The number of ketones is 2. The average Bonchev–Trinajstić information content (AvgIpc) is 2.65. The molecule has 0 atom stereocenters. The fourth-order valence-electron chi connectivity index (χ4n) is 1.72. The van der Waals surface area contributed by atoms with Crippen LogP contribution in [0.5, 0.6) is 5.88 Å². The van der Waals surface area contributed by atoms with Crippen LogP contribution in [0.2, 0.25) is 0 Å². The first-order valence-electron chi connectivity index (χ1n) is 5.63. The van der Waals surface area contributed by atoms with Crippen LogP contribution in [0.25, 0.3) is 0 Å². The van der Waals surface area contributed by atoms with Gasteiger partial charge in [-0.25, -0.2) is 4.68 Å². The molecule has 0 saturated heterocycles. The molecule has 2 rings (SSSR count). The number of hydrogen-bond donors (Lipinski definition) is 0. The standard InChI is InChI=1S/C13H14N2O3/c1-9-6-13(15(2)14-9)18-8-12(17)10-4-3-5-11(16)7-10/h3-6H,7-8H2,1-2H3. The second kappa shape index (κ2) is 5.00. The van der Waals surface area contributed by atoms with Gasteiger partial charge >= 0.3 is 0 Å². The summed E-state index contributed by atoms with van der Waals surface area (Å²) in [7, 11) is 1.75. The van der Waals surface area contributed by atoms with Crippen LogP contribution in [0.3, 0.4) is 0 Å². The number of hydrogen-bond acceptors (Lipinski definition) is 4. The Labute approximate surface area is 105 Å². The van der Waals surface area contributed by atoms with Gasteiger partial charge in [-0.1, -0.05) is 12.2 Å². The molecule has 18 heavy (non-hydrogen) atoms. The molecule has 0 amide bonds. The molecule has 0 aromatic carbocycles. The third kappa shape index (κ3) is 2.74. The monoisotopic (exact) mass is 246 g/mol. The number of carbonyl (C=O) groups excluding carboxylic acids is 2. The lowest BCUT2D eigenvalue weighted by molar-refractivity contribution is -0.120. The summed E-state index contributed by atoms with van der Waals surface area (Å²) in [6, 6.07) is 1.76. The molecule has 1 aromatic rings. The van der Waals surface area contributed by atoms with Gasteiger partial charge in [-0.15, -0.1) is 0 Å². The maximum Gasteiger partial charge on any atom is 0.212 e. The molecule has 0 spiro atoms. The zero-order chi connectivity index (χ0) is 13.1. The molecule has 0 fully saturated rings. The minimum Gasteiger partial charge on any atom is -0.469 e. The largest absolute Gasteiger partial charge is 0.469 e. The Morgan fingerprint density at radius 1 is 1.56 bits per heavy atom. The highest BCUT2D eigenvalue weighted by molar-refractivity contribution is 6.05. The maximum atomic E-state index is 11.8. The van der Waals surface area contributed by atoms with Crippen molar-refractivity contribution in [1.29, 1.82) is 0 Å². The zero-order valence-electron chi connectivity index (χ0n) is 10.3. The maximum absolute atomic E-state index is 11.8. The quantitative estimate of drug-likeness (QED) is 0.799. The first-order chi connectivity index (χ1) is 8.56. The van der Waals surface area contributed by atoms with Gasteiger partial charge in [0.25, 0.3) is 0 Å². The number of Topliss-reactive ketones (excluding diaryl/α,β-unsaturated/α-hetero) is 1. The first-order valence-corrected chi connectivity index (χ1v) is 5.63. The van der Waals surface area contributed by atoms with Crippen molar-refractivity contribution in [3.05, 3.63) is 35.6 Å². The van der Waals surface area contributed by atoms with E-state index >= 15 is 0 Å². The normalized spacial score (nSPS) is 14.6. The minimum atomic E-state index is -0.174. The third-order valence-corrected chi connectivity index (χ3v) is 2.61. The lowest BCUT2D eigenvalue weighted by atomic mass is 10.0. The predicted molar refractivity (Wildman–Crippen MR) is 65.3 cm³/mol. The molecule has 0 unspecified atom stereocenters. The SMILES string of the molecule is Cc1cc(OCC(=O)C2=CC=CC(=O)C2)n(C)n1. The Morgan fingerprint density at radius 3 is 2.94 bits per heavy atom. The molecule has 94 valence electrons. The molecule has 0 N–H and O–H groups in total. The number of rotatable bonds is 4. The van der Waals surface area contributed by atoms with Gasteiger partial charge in [0, 0.05) is 25.1 Å². The molecular formula is C13H14N2O3. The Hall–Kier alpha value is -2.17. The molecule has 0 radical (unpaired) electrons. The Kier molecular flexibility index (Phi) is 3.41. The Balaban J connectivity index is 1.97. The highest BCUT2D eigenvalue weighted by Crippen LogP contribution is 2.14. The zero-order valence-corrected chi connectivity index (χ0v) is 10.3. The van der Waals surface area contributed by atoms with Crippen molar-refractivity contribution in [2.75, 3.05) is 6.61 Å². The van der Waals surface area contributed by atoms with Crippen molar-refractivity contribution in [2.45, 2.75) is 13.3 Å². The summed E-state index contributed by atoms with van der Waals surface area (Å²) in [5.74, 6) is 0.308. The third-order valence-electron chi connectivity index (χ3n) is 2.61. The van der Waals surface area contributed by atoms with Crippen LogP contribution in [0.15, 0.2) is 29.9 Å². The van der Waals surface area contributed by atoms with Crippen molar-refractivity contribution in [2.24, 2.45) is 7.05 Å². The van der Waals surface area contributed by atoms with Gasteiger partial charge in [0.2, 0.25) is 5.88 Å². The topological polar surface area (TPSA) is 61.2 Å². The second-order valence-electron chi connectivity index (χ2n) is 4.15. The highest BCUT2D eigenvalue weighted by atomic mass is 16.5. The fraction of sp³-hybridized carbons (Fsp3) is 0.308. The minimum absolute atomic E-state index is 0.0581. The Morgan fingerprint density at radius 2 is 2.33 bits per heavy atom. The van der Waals surface area contributed by atoms with Crippen molar-refractivity contribution >= 4 is 11.6 Å². The molecule has 1 aromatic heterocycles. The van der Waals surface area contributed by atoms with Crippen LogP contribution in [-0.2, 0) is 16.6 Å². The van der Waals surface area contributed by atoms with Crippen LogP contribution in [0, 0.1) is 6.92 Å². The number of aromatic nitrogens is 2. The van der Waals surface area contributed by atoms with Gasteiger partial charge < -0.3 is 4.74 Å². The van der Waals surface area contributed by atoms with Gasteiger partial charge in [-0.2, -0.15) is 5.10 Å². The van der Waals surface area contributed by atoms with E-state index in [2.05, 4.69) is 5.10 Å². The highest BCUT2D eigenvalue weighted by Gasteiger charge is 2.16. The van der Waals surface area contributed by atoms with Gasteiger partial charge in [-0.05, 0) is 13.0 Å². The smallest absolute Gasteiger partial charge is 0.212 e. The van der Waals surface area contributed by atoms with Crippen molar-refractivity contribution in [3.8, 4) is 5.88 Å². The molecule has 1 heterocycles. The number of allylic oxidation sites excluding steroid dienone is 3. The lowest BCUT2D eigenvalue weighted by Crippen LogP contribution is -2.17. The van der Waals surface area contributed by atoms with Gasteiger partial charge in [0.15, 0.2) is 18.2 Å². The van der Waals surface area contributed by atoms with Gasteiger partial charge in [0.05, 0.1) is 5.69 Å². The van der Waals surface area contributed by atoms with Crippen molar-refractivity contribution in [1.82, 2.24) is 9.78 Å². The van der Waals surface area contributed by atoms with Crippen LogP contribution in [0.1, 0.15) is 12.1 Å². The van der Waals surface area contributed by atoms with Crippen LogP contribution < -0.4 is 4.74 Å². The summed E-state index contributed by atoms with van der Waals surface area (Å²) in [6.45, 7) is 1.77. The lowest BCUT2D eigenvalue weighted by Gasteiger charge is -2.08. The summed E-state index contributed by atoms with van der Waals surface area (Å²) in [4.78, 5) is 23.0. The molecule has 1 aliphatic carbocycles. The van der Waals surface area contributed by atoms with Crippen molar-refractivity contribution < 1.29 is 14.3 Å². The molecule has 0 bridgehead atoms. The van der Waals surface area contributed by atoms with Crippen LogP contribution >= 0.6 is 0 Å². The molecule has 0 aliphatic heterocycles. The fourth-order valence-corrected chi connectivity index (χ4v) is 1.72. The van der Waals surface area contributed by atoms with Gasteiger partial charge in [-0.3, -0.25) is 9.59 Å². The summed E-state index contributed by atoms with van der Waals surface area (Å²) >= 11 is 0. The van der Waals surface area contributed by atoms with E-state index in [9.17, 15) is 9.59 Å². The second-order valence-corrected chi connectivity index (χ2v) is 4.15. The molecule has 5 nitrogen and oxygen atoms in total. The van der Waals surface area contributed by atoms with Crippen LogP contribution in [-0.4, -0.2) is 28.0 Å². The average molecular weight is 246 g/mol. The number of carbonyl (C=O) groups is 2. The summed E-state index contributed by atoms with van der Waals surface area (Å²) in [6.07, 6.45) is 4.86. The van der Waals surface area contributed by atoms with E-state index in [0.29, 0.717) is 11.5 Å².